The number of pyridine rings is 1. The van der Waals surface area contributed by atoms with Crippen LogP contribution in [-0.2, 0) is 6.42 Å². The van der Waals surface area contributed by atoms with E-state index in [1.54, 1.807) is 18.5 Å². The van der Waals surface area contributed by atoms with Gasteiger partial charge in [0.2, 0.25) is 0 Å². The van der Waals surface area contributed by atoms with Gasteiger partial charge in [0, 0.05) is 18.4 Å². The number of rotatable bonds is 2. The molecule has 5 heteroatoms. The largest absolute Gasteiger partial charge is 0.322 e. The van der Waals surface area contributed by atoms with Gasteiger partial charge in [0.1, 0.15) is 0 Å². The van der Waals surface area contributed by atoms with E-state index in [1.165, 1.54) is 11.1 Å². The lowest BCUT2D eigenvalue weighted by Crippen LogP contribution is -2.36. The summed E-state index contributed by atoms with van der Waals surface area (Å²) in [4.78, 5) is 18.6. The molecule has 0 aliphatic carbocycles. The highest BCUT2D eigenvalue weighted by Gasteiger charge is 2.25. The average molecular weight is 282 g/mol. The molecule has 0 fully saturated rings. The maximum atomic E-state index is 12.8. The van der Waals surface area contributed by atoms with Crippen LogP contribution in [0.4, 0.5) is 11.4 Å². The minimum atomic E-state index is -0.0462. The highest BCUT2D eigenvalue weighted by atomic mass is 16.2. The van der Waals surface area contributed by atoms with Crippen LogP contribution >= 0.6 is 0 Å². The van der Waals surface area contributed by atoms with Crippen molar-refractivity contribution in [3.8, 4) is 0 Å². The van der Waals surface area contributed by atoms with Crippen LogP contribution in [0, 0.1) is 6.92 Å². The van der Waals surface area contributed by atoms with Crippen LogP contribution in [0.25, 0.3) is 0 Å². The van der Waals surface area contributed by atoms with Crippen LogP contribution in [0.3, 0.4) is 0 Å². The Bertz CT molecular complexity index is 684. The molecule has 0 atom stereocenters. The van der Waals surface area contributed by atoms with Crippen LogP contribution in [0.2, 0.25) is 0 Å². The zero-order chi connectivity index (χ0) is 14.8. The monoisotopic (exact) mass is 282 g/mol. The molecule has 108 valence electrons. The van der Waals surface area contributed by atoms with E-state index >= 15 is 0 Å². The number of nitrogens with one attached hydrogen (secondary N) is 1. The van der Waals surface area contributed by atoms with Gasteiger partial charge in [-0.3, -0.25) is 15.6 Å². The van der Waals surface area contributed by atoms with Gasteiger partial charge in [-0.05, 0) is 37.5 Å². The summed E-state index contributed by atoms with van der Waals surface area (Å²) in [7, 11) is 0. The van der Waals surface area contributed by atoms with Crippen LogP contribution in [0.5, 0.6) is 0 Å². The molecule has 0 saturated carbocycles. The molecule has 21 heavy (non-hydrogen) atoms. The normalized spacial score (nSPS) is 13.7. The number of fused-ring (bicyclic) bond motifs is 1. The molecule has 0 unspecified atom stereocenters. The number of amides is 1. The molecule has 0 bridgehead atoms. The third kappa shape index (κ3) is 2.48. The van der Waals surface area contributed by atoms with Crippen molar-refractivity contribution < 1.29 is 4.79 Å². The maximum absolute atomic E-state index is 12.8. The van der Waals surface area contributed by atoms with Crippen LogP contribution < -0.4 is 16.2 Å². The van der Waals surface area contributed by atoms with E-state index in [9.17, 15) is 4.79 Å². The van der Waals surface area contributed by atoms with Crippen molar-refractivity contribution in [1.82, 2.24) is 4.98 Å². The van der Waals surface area contributed by atoms with E-state index in [1.807, 2.05) is 17.0 Å². The summed E-state index contributed by atoms with van der Waals surface area (Å²) in [6.45, 7) is 2.79. The fourth-order valence-corrected chi connectivity index (χ4v) is 2.78. The van der Waals surface area contributed by atoms with Crippen LogP contribution in [0.1, 0.15) is 27.9 Å². The number of anilines is 2. The molecule has 1 aliphatic rings. The Labute approximate surface area is 123 Å². The molecule has 2 aromatic rings. The Hall–Kier alpha value is -2.40. The summed E-state index contributed by atoms with van der Waals surface area (Å²) in [5.41, 5.74) is 7.07. The minimum Gasteiger partial charge on any atom is -0.322 e. The number of carbonyl (C=O) groups excluding carboxylic acids is 1. The lowest BCUT2D eigenvalue weighted by Gasteiger charge is -2.30. The highest BCUT2D eigenvalue weighted by Crippen LogP contribution is 2.30. The van der Waals surface area contributed by atoms with Crippen molar-refractivity contribution in [2.45, 2.75) is 19.8 Å². The summed E-state index contributed by atoms with van der Waals surface area (Å²) in [5, 5.41) is 0. The number of hydrogen-bond acceptors (Lipinski definition) is 4. The van der Waals surface area contributed by atoms with Crippen molar-refractivity contribution >= 4 is 17.3 Å². The maximum Gasteiger partial charge on any atom is 0.260 e. The van der Waals surface area contributed by atoms with E-state index in [2.05, 4.69) is 23.4 Å². The van der Waals surface area contributed by atoms with Gasteiger partial charge in [-0.25, -0.2) is 0 Å². The third-order valence-electron chi connectivity index (χ3n) is 3.81. The summed E-state index contributed by atoms with van der Waals surface area (Å²) in [6, 6.07) is 7.92. The van der Waals surface area contributed by atoms with Gasteiger partial charge in [0.05, 0.1) is 17.4 Å². The smallest absolute Gasteiger partial charge is 0.260 e. The first-order valence-electron chi connectivity index (χ1n) is 7.02. The fraction of sp³-hybridized carbons (Fsp3) is 0.250. The number of nitrogens with two attached hydrogens (primary N) is 1. The number of hydrazine groups is 1. The number of hydrogen-bond donors (Lipinski definition) is 2. The first-order chi connectivity index (χ1) is 10.2. The molecular formula is C16H18N4O. The second-order valence-electron chi connectivity index (χ2n) is 5.26. The Morgan fingerprint density at radius 3 is 3.05 bits per heavy atom. The quantitative estimate of drug-likeness (QED) is 0.655. The summed E-state index contributed by atoms with van der Waals surface area (Å²) >= 11 is 0. The lowest BCUT2D eigenvalue weighted by atomic mass is 9.99. The molecule has 3 rings (SSSR count). The predicted octanol–water partition coefficient (Wildman–Crippen LogP) is 2.27. The minimum absolute atomic E-state index is 0.0462. The molecular weight excluding hydrogens is 264 g/mol. The second-order valence-corrected chi connectivity index (χ2v) is 5.26. The van der Waals surface area contributed by atoms with Crippen molar-refractivity contribution in [1.29, 1.82) is 0 Å². The van der Waals surface area contributed by atoms with Gasteiger partial charge in [-0.2, -0.15) is 0 Å². The van der Waals surface area contributed by atoms with E-state index in [0.29, 0.717) is 11.3 Å². The van der Waals surface area contributed by atoms with Crippen molar-refractivity contribution in [2.75, 3.05) is 16.9 Å². The topological polar surface area (TPSA) is 71.2 Å². The first-order valence-corrected chi connectivity index (χ1v) is 7.02. The van der Waals surface area contributed by atoms with Gasteiger partial charge in [-0.1, -0.05) is 17.7 Å². The predicted molar refractivity (Wildman–Crippen MR) is 83.2 cm³/mol. The molecule has 2 heterocycles. The van der Waals surface area contributed by atoms with Gasteiger partial charge in [0.25, 0.3) is 5.91 Å². The fourth-order valence-electron chi connectivity index (χ4n) is 2.78. The first kappa shape index (κ1) is 13.6. The number of aromatic nitrogens is 1. The molecule has 0 spiro atoms. The molecule has 1 aromatic carbocycles. The van der Waals surface area contributed by atoms with Crippen molar-refractivity contribution in [2.24, 2.45) is 5.84 Å². The van der Waals surface area contributed by atoms with E-state index in [0.717, 1.165) is 25.1 Å². The highest BCUT2D eigenvalue weighted by molar-refractivity contribution is 6.10. The zero-order valence-electron chi connectivity index (χ0n) is 12.0. The SMILES string of the molecule is Cc1ccc2c(c1)CCCN2C(=O)c1ccncc1NN. The summed E-state index contributed by atoms with van der Waals surface area (Å²) in [6.07, 6.45) is 5.15. The van der Waals surface area contributed by atoms with Crippen molar-refractivity contribution in [3.63, 3.8) is 0 Å². The molecule has 0 saturated heterocycles. The number of nitrogen functional groups attached to an aromatic ring is 1. The molecule has 0 radical (unpaired) electrons. The third-order valence-corrected chi connectivity index (χ3v) is 3.81. The molecule has 1 aliphatic heterocycles. The molecule has 1 amide bonds. The Balaban J connectivity index is 2.00. The lowest BCUT2D eigenvalue weighted by molar-refractivity contribution is 0.0985. The van der Waals surface area contributed by atoms with Crippen LogP contribution in [0.15, 0.2) is 36.7 Å². The molecule has 3 N–H and O–H groups in total. The van der Waals surface area contributed by atoms with Crippen LogP contribution in [-0.4, -0.2) is 17.4 Å². The molecule has 5 nitrogen and oxygen atoms in total. The Morgan fingerprint density at radius 1 is 1.38 bits per heavy atom. The van der Waals surface area contributed by atoms with Gasteiger partial charge in [-0.15, -0.1) is 0 Å². The molecule has 1 aromatic heterocycles. The number of nitrogens with zero attached hydrogens (tertiary/aromatic N) is 2. The van der Waals surface area contributed by atoms with Gasteiger partial charge >= 0.3 is 0 Å². The zero-order valence-corrected chi connectivity index (χ0v) is 12.0. The standard InChI is InChI=1S/C16H18N4O/c1-11-4-5-15-12(9-11)3-2-8-20(15)16(21)13-6-7-18-10-14(13)19-17/h4-7,9-10,19H,2-3,8,17H2,1H3. The van der Waals surface area contributed by atoms with Gasteiger partial charge in [0.15, 0.2) is 0 Å². The Kier molecular flexibility index (Phi) is 3.58. The number of aryl methyl sites for hydroxylation is 2. The van der Waals surface area contributed by atoms with E-state index in [-0.39, 0.29) is 5.91 Å². The summed E-state index contributed by atoms with van der Waals surface area (Å²) < 4.78 is 0. The number of benzene rings is 1. The Morgan fingerprint density at radius 2 is 2.24 bits per heavy atom. The van der Waals surface area contributed by atoms with Crippen molar-refractivity contribution in [3.05, 3.63) is 53.3 Å². The van der Waals surface area contributed by atoms with E-state index < -0.39 is 0 Å². The second kappa shape index (κ2) is 5.54. The summed E-state index contributed by atoms with van der Waals surface area (Å²) in [5.74, 6) is 5.43. The van der Waals surface area contributed by atoms with Gasteiger partial charge < -0.3 is 10.3 Å². The van der Waals surface area contributed by atoms with E-state index in [4.69, 9.17) is 5.84 Å². The number of carbonyl (C=O) groups is 1. The average Bonchev–Trinajstić information content (AvgIpc) is 2.53.